The molecule has 4 atom stereocenters. The first-order valence-corrected chi connectivity index (χ1v) is 14.9. The molecule has 0 aromatic carbocycles. The number of nitrogens with one attached hydrogen (secondary N) is 1. The molecule has 0 spiro atoms. The quantitative estimate of drug-likeness (QED) is 0.293. The number of rotatable bonds is 11. The number of β-lactam (4-membered cyclic amide) rings is 1. The third kappa shape index (κ3) is 9.46. The number of carboxylic acids is 1. The molecule has 37 heavy (non-hydrogen) atoms. The first-order valence-electron chi connectivity index (χ1n) is 14.9. The monoisotopic (exact) mass is 524 g/mol. The summed E-state index contributed by atoms with van der Waals surface area (Å²) in [7, 11) is 0. The predicted molar refractivity (Wildman–Crippen MR) is 137 cm³/mol. The maximum Gasteiger partial charge on any atom is 0.307 e. The maximum absolute atomic E-state index is 12.0. The second kappa shape index (κ2) is 15.4. The lowest BCUT2D eigenvalue weighted by atomic mass is 9.88. The molecule has 0 bridgehead atoms. The second-order valence-corrected chi connectivity index (χ2v) is 11.6. The van der Waals surface area contributed by atoms with E-state index in [1.165, 1.54) is 56.4 Å². The van der Waals surface area contributed by atoms with Crippen molar-refractivity contribution in [1.29, 1.82) is 0 Å². The highest BCUT2D eigenvalue weighted by molar-refractivity contribution is 5.83. The van der Waals surface area contributed by atoms with Crippen molar-refractivity contribution in [3.05, 3.63) is 0 Å². The van der Waals surface area contributed by atoms with Crippen LogP contribution in [0.4, 0.5) is 0 Å². The normalized spacial score (nSPS) is 30.0. The number of amides is 1. The van der Waals surface area contributed by atoms with Crippen LogP contribution in [0.3, 0.4) is 0 Å². The Hall–Kier alpha value is -1.26. The Morgan fingerprint density at radius 2 is 1.49 bits per heavy atom. The van der Waals surface area contributed by atoms with Crippen molar-refractivity contribution >= 4 is 11.9 Å². The summed E-state index contributed by atoms with van der Waals surface area (Å²) in [6, 6.07) is 0. The zero-order valence-corrected chi connectivity index (χ0v) is 22.5. The van der Waals surface area contributed by atoms with Crippen molar-refractivity contribution in [3.8, 4) is 0 Å². The van der Waals surface area contributed by atoms with Gasteiger partial charge in [-0.3, -0.25) is 14.4 Å². The molecule has 2 N–H and O–H groups in total. The zero-order valence-electron chi connectivity index (χ0n) is 22.5. The summed E-state index contributed by atoms with van der Waals surface area (Å²) in [4.78, 5) is 34.2. The number of aliphatic carboxylic acids is 1. The second-order valence-electron chi connectivity index (χ2n) is 11.6. The van der Waals surface area contributed by atoms with E-state index in [1.54, 1.807) is 0 Å². The first kappa shape index (κ1) is 28.7. The molecule has 0 aromatic heterocycles. The van der Waals surface area contributed by atoms with Gasteiger partial charge in [-0.1, -0.05) is 51.4 Å². The van der Waals surface area contributed by atoms with Gasteiger partial charge in [-0.25, -0.2) is 9.90 Å². The van der Waals surface area contributed by atoms with Crippen molar-refractivity contribution < 1.29 is 33.8 Å². The van der Waals surface area contributed by atoms with Crippen LogP contribution in [0.2, 0.25) is 0 Å². The van der Waals surface area contributed by atoms with E-state index in [2.05, 4.69) is 5.48 Å². The van der Waals surface area contributed by atoms with E-state index >= 15 is 0 Å². The van der Waals surface area contributed by atoms with Gasteiger partial charge in [0.15, 0.2) is 12.6 Å². The topological polar surface area (TPSA) is 107 Å². The molecule has 5 fully saturated rings. The molecular weight excluding hydrogens is 476 g/mol. The van der Waals surface area contributed by atoms with Gasteiger partial charge in [0.05, 0.1) is 18.4 Å². The van der Waals surface area contributed by atoms with Crippen molar-refractivity contribution in [2.45, 2.75) is 115 Å². The van der Waals surface area contributed by atoms with Crippen LogP contribution in [0.15, 0.2) is 0 Å². The molecule has 5 rings (SSSR count). The molecular formula is C28H48N2O7. The highest BCUT2D eigenvalue weighted by atomic mass is 16.8. The van der Waals surface area contributed by atoms with E-state index in [9.17, 15) is 14.7 Å². The van der Waals surface area contributed by atoms with Gasteiger partial charge in [0.1, 0.15) is 0 Å². The summed E-state index contributed by atoms with van der Waals surface area (Å²) in [5, 5.41) is 10.8. The van der Waals surface area contributed by atoms with Gasteiger partial charge in [0, 0.05) is 32.6 Å². The lowest BCUT2D eigenvalue weighted by molar-refractivity contribution is -0.301. The fourth-order valence-corrected chi connectivity index (χ4v) is 6.28. The van der Waals surface area contributed by atoms with Crippen molar-refractivity contribution in [2.75, 3.05) is 26.3 Å². The number of hydrogen-bond acceptors (Lipinski definition) is 7. The molecule has 2 aliphatic carbocycles. The van der Waals surface area contributed by atoms with Crippen LogP contribution in [-0.4, -0.2) is 60.9 Å². The summed E-state index contributed by atoms with van der Waals surface area (Å²) in [6.07, 6.45) is 17.8. The van der Waals surface area contributed by atoms with Crippen LogP contribution in [-0.2, 0) is 28.7 Å². The van der Waals surface area contributed by atoms with E-state index in [4.69, 9.17) is 19.1 Å². The van der Waals surface area contributed by atoms with E-state index in [0.29, 0.717) is 12.5 Å². The average Bonchev–Trinajstić information content (AvgIpc) is 3.63. The van der Waals surface area contributed by atoms with E-state index in [1.807, 2.05) is 0 Å². The van der Waals surface area contributed by atoms with Gasteiger partial charge in [-0.15, -0.1) is 0 Å². The van der Waals surface area contributed by atoms with Crippen LogP contribution in [0.5, 0.6) is 0 Å². The molecule has 9 heteroatoms. The number of carboxylic acid groups (broad SMARTS) is 1. The molecule has 1 amide bonds. The van der Waals surface area contributed by atoms with Gasteiger partial charge in [0.25, 0.3) is 5.91 Å². The fourth-order valence-electron chi connectivity index (χ4n) is 6.28. The summed E-state index contributed by atoms with van der Waals surface area (Å²) >= 11 is 0. The molecule has 0 aromatic rings. The summed E-state index contributed by atoms with van der Waals surface area (Å²) in [5.41, 5.74) is 2.80. The van der Waals surface area contributed by atoms with Crippen molar-refractivity contribution in [2.24, 2.45) is 23.7 Å². The summed E-state index contributed by atoms with van der Waals surface area (Å²) in [5.74, 6) is 0.674. The largest absolute Gasteiger partial charge is 0.481 e. The summed E-state index contributed by atoms with van der Waals surface area (Å²) < 4.78 is 10.9. The Morgan fingerprint density at radius 1 is 0.892 bits per heavy atom. The van der Waals surface area contributed by atoms with Gasteiger partial charge in [-0.05, 0) is 50.4 Å². The number of carbonyl (C=O) groups excluding carboxylic acids is 1. The van der Waals surface area contributed by atoms with E-state index in [-0.39, 0.29) is 30.3 Å². The third-order valence-corrected chi connectivity index (χ3v) is 8.58. The Labute approximate surface area is 221 Å². The maximum atomic E-state index is 12.0. The number of ether oxygens (including phenoxy) is 2. The Bertz CT molecular complexity index is 684. The minimum Gasteiger partial charge on any atom is -0.481 e. The number of nitrogens with zero attached hydrogens (tertiary/aromatic N) is 1. The first-order chi connectivity index (χ1) is 18.1. The van der Waals surface area contributed by atoms with Gasteiger partial charge >= 0.3 is 5.97 Å². The zero-order chi connectivity index (χ0) is 25.9. The Morgan fingerprint density at radius 3 is 2.05 bits per heavy atom. The van der Waals surface area contributed by atoms with Crippen LogP contribution in [0.25, 0.3) is 0 Å². The minimum absolute atomic E-state index is 0.177. The van der Waals surface area contributed by atoms with Gasteiger partial charge in [-0.2, -0.15) is 5.48 Å². The van der Waals surface area contributed by atoms with Gasteiger partial charge < -0.3 is 14.6 Å². The van der Waals surface area contributed by atoms with E-state index < -0.39 is 5.97 Å². The third-order valence-electron chi connectivity index (χ3n) is 8.58. The molecule has 0 radical (unpaired) electrons. The Balaban J connectivity index is 0.000000173. The SMILES string of the molecule is O=C(O)[C@@H](CNOC1CCCCO1)CC1CCCC1.O=C1[C@H](CC2CCCC2)CN1OC1CCCCO1. The number of hydroxylamine groups is 3. The van der Waals surface area contributed by atoms with Crippen LogP contribution in [0.1, 0.15) is 103 Å². The van der Waals surface area contributed by atoms with Crippen LogP contribution in [0, 0.1) is 23.7 Å². The molecule has 5 aliphatic rings. The number of hydrogen-bond donors (Lipinski definition) is 2. The lowest BCUT2D eigenvalue weighted by Gasteiger charge is -2.40. The molecule has 2 unspecified atom stereocenters. The lowest BCUT2D eigenvalue weighted by Crippen LogP contribution is -2.54. The standard InChI is InChI=1S/C14H25NO4.C14H23NO3/c16-14(17)12(9-11-5-1-2-6-11)10-15-19-13-7-3-4-8-18-13;16-14-12(9-11-5-1-2-6-11)10-15(14)18-13-7-3-4-8-17-13/h11-13,15H,1-10H2,(H,16,17);11-13H,1-10H2/t2*12-,13?/m11/s1. The van der Waals surface area contributed by atoms with Crippen molar-refractivity contribution in [3.63, 3.8) is 0 Å². The molecule has 3 saturated heterocycles. The minimum atomic E-state index is -0.729. The summed E-state index contributed by atoms with van der Waals surface area (Å²) in [6.45, 7) is 2.63. The van der Waals surface area contributed by atoms with Gasteiger partial charge in [0.2, 0.25) is 0 Å². The molecule has 3 aliphatic heterocycles. The average molecular weight is 525 g/mol. The van der Waals surface area contributed by atoms with E-state index in [0.717, 1.165) is 77.0 Å². The smallest absolute Gasteiger partial charge is 0.307 e. The highest BCUT2D eigenvalue weighted by Crippen LogP contribution is 2.35. The molecule has 9 nitrogen and oxygen atoms in total. The van der Waals surface area contributed by atoms with Crippen LogP contribution < -0.4 is 5.48 Å². The molecule has 2 saturated carbocycles. The Kier molecular flexibility index (Phi) is 11.9. The van der Waals surface area contributed by atoms with Crippen molar-refractivity contribution in [1.82, 2.24) is 10.5 Å². The number of carbonyl (C=O) groups is 2. The molecule has 3 heterocycles. The fraction of sp³-hybridized carbons (Fsp3) is 0.929. The molecule has 212 valence electrons. The highest BCUT2D eigenvalue weighted by Gasteiger charge is 2.41. The van der Waals surface area contributed by atoms with Crippen LogP contribution >= 0.6 is 0 Å². The predicted octanol–water partition coefficient (Wildman–Crippen LogP) is 4.80.